The first-order valence-electron chi connectivity index (χ1n) is 12.2. The Bertz CT molecular complexity index is 1060. The van der Waals surface area contributed by atoms with Crippen LogP contribution < -0.4 is 9.47 Å². The summed E-state index contributed by atoms with van der Waals surface area (Å²) in [7, 11) is 0. The average molecular weight is 484 g/mol. The van der Waals surface area contributed by atoms with E-state index in [0.29, 0.717) is 38.6 Å². The SMILES string of the molecule is CCc1nccn1CCCOc1cccc(CN2CCOC[C@@](O)(COc3ccc(F)cc3)C2)c1. The van der Waals surface area contributed by atoms with Crippen molar-refractivity contribution in [3.8, 4) is 11.5 Å². The van der Waals surface area contributed by atoms with Crippen LogP contribution in [-0.4, -0.2) is 64.7 Å². The zero-order valence-electron chi connectivity index (χ0n) is 20.2. The van der Waals surface area contributed by atoms with Gasteiger partial charge in [0.15, 0.2) is 0 Å². The summed E-state index contributed by atoms with van der Waals surface area (Å²) in [5.74, 6) is 2.12. The molecule has 2 aromatic carbocycles. The van der Waals surface area contributed by atoms with Gasteiger partial charge in [0.05, 0.1) is 19.8 Å². The van der Waals surface area contributed by atoms with E-state index in [0.717, 1.165) is 36.5 Å². The van der Waals surface area contributed by atoms with Crippen molar-refractivity contribution in [1.29, 1.82) is 0 Å². The van der Waals surface area contributed by atoms with E-state index in [1.54, 1.807) is 12.1 Å². The highest BCUT2D eigenvalue weighted by molar-refractivity contribution is 5.28. The van der Waals surface area contributed by atoms with Gasteiger partial charge in [-0.15, -0.1) is 0 Å². The van der Waals surface area contributed by atoms with Crippen LogP contribution in [0, 0.1) is 5.82 Å². The first-order valence-corrected chi connectivity index (χ1v) is 12.2. The molecule has 1 N–H and O–H groups in total. The zero-order valence-corrected chi connectivity index (χ0v) is 20.2. The van der Waals surface area contributed by atoms with Crippen molar-refractivity contribution in [1.82, 2.24) is 14.5 Å². The number of hydrogen-bond acceptors (Lipinski definition) is 6. The van der Waals surface area contributed by atoms with Crippen LogP contribution in [0.1, 0.15) is 24.7 Å². The molecule has 3 aromatic rings. The summed E-state index contributed by atoms with van der Waals surface area (Å²) in [6.45, 7) is 6.17. The zero-order chi connectivity index (χ0) is 24.5. The second-order valence-corrected chi connectivity index (χ2v) is 8.97. The first kappa shape index (κ1) is 25.2. The number of hydrogen-bond donors (Lipinski definition) is 1. The van der Waals surface area contributed by atoms with Gasteiger partial charge in [-0.25, -0.2) is 9.37 Å². The van der Waals surface area contributed by atoms with Crippen molar-refractivity contribution in [3.63, 3.8) is 0 Å². The molecule has 188 valence electrons. The number of aryl methyl sites for hydroxylation is 2. The third-order valence-corrected chi connectivity index (χ3v) is 6.00. The van der Waals surface area contributed by atoms with E-state index < -0.39 is 5.60 Å². The highest BCUT2D eigenvalue weighted by atomic mass is 19.1. The highest BCUT2D eigenvalue weighted by Gasteiger charge is 2.33. The van der Waals surface area contributed by atoms with Crippen molar-refractivity contribution in [2.24, 2.45) is 0 Å². The number of imidazole rings is 1. The molecule has 8 heteroatoms. The molecule has 0 saturated carbocycles. The molecule has 2 heterocycles. The molecular formula is C27H34FN3O4. The number of ether oxygens (including phenoxy) is 3. The minimum atomic E-state index is -1.16. The van der Waals surface area contributed by atoms with Gasteiger partial charge in [0.1, 0.15) is 35.3 Å². The molecule has 4 rings (SSSR count). The maximum Gasteiger partial charge on any atom is 0.134 e. The van der Waals surface area contributed by atoms with E-state index >= 15 is 0 Å². The molecule has 0 radical (unpaired) electrons. The summed E-state index contributed by atoms with van der Waals surface area (Å²) in [5, 5.41) is 11.1. The molecule has 1 saturated heterocycles. The number of β-amino-alcohol motifs (C(OH)–C–C–N with tert-alkyl or cyclic N) is 1. The highest BCUT2D eigenvalue weighted by Crippen LogP contribution is 2.20. The Morgan fingerprint density at radius 3 is 2.83 bits per heavy atom. The van der Waals surface area contributed by atoms with Crippen molar-refractivity contribution < 1.29 is 23.7 Å². The van der Waals surface area contributed by atoms with Crippen LogP contribution >= 0.6 is 0 Å². The first-order chi connectivity index (χ1) is 17.0. The molecule has 0 bridgehead atoms. The Morgan fingerprint density at radius 1 is 1.14 bits per heavy atom. The summed E-state index contributed by atoms with van der Waals surface area (Å²) >= 11 is 0. The molecule has 35 heavy (non-hydrogen) atoms. The largest absolute Gasteiger partial charge is 0.494 e. The Labute approximate surface area is 206 Å². The fourth-order valence-corrected chi connectivity index (χ4v) is 4.24. The smallest absolute Gasteiger partial charge is 0.134 e. The fourth-order valence-electron chi connectivity index (χ4n) is 4.24. The average Bonchev–Trinajstić information content (AvgIpc) is 3.24. The Morgan fingerprint density at radius 2 is 2.00 bits per heavy atom. The van der Waals surface area contributed by atoms with Crippen LogP contribution in [0.15, 0.2) is 60.9 Å². The number of rotatable bonds is 11. The van der Waals surface area contributed by atoms with Gasteiger partial charge >= 0.3 is 0 Å². The number of halogens is 1. The maximum absolute atomic E-state index is 13.1. The lowest BCUT2D eigenvalue weighted by atomic mass is 10.1. The van der Waals surface area contributed by atoms with Crippen LogP contribution in [0.25, 0.3) is 0 Å². The van der Waals surface area contributed by atoms with Gasteiger partial charge in [-0.2, -0.15) is 0 Å². The molecule has 0 amide bonds. The molecule has 0 unspecified atom stereocenters. The van der Waals surface area contributed by atoms with Crippen LogP contribution in [0.2, 0.25) is 0 Å². The van der Waals surface area contributed by atoms with Gasteiger partial charge in [0, 0.05) is 45.0 Å². The van der Waals surface area contributed by atoms with Crippen molar-refractivity contribution in [3.05, 3.63) is 78.1 Å². The lowest BCUT2D eigenvalue weighted by Gasteiger charge is -2.30. The van der Waals surface area contributed by atoms with Crippen molar-refractivity contribution in [2.45, 2.75) is 38.5 Å². The predicted octanol–water partition coefficient (Wildman–Crippen LogP) is 3.70. The summed E-state index contributed by atoms with van der Waals surface area (Å²) in [6, 6.07) is 13.9. The van der Waals surface area contributed by atoms with Crippen molar-refractivity contribution >= 4 is 0 Å². The van der Waals surface area contributed by atoms with Crippen LogP contribution in [0.5, 0.6) is 11.5 Å². The normalized spacial score (nSPS) is 18.8. The van der Waals surface area contributed by atoms with Gasteiger partial charge in [-0.05, 0) is 48.4 Å². The maximum atomic E-state index is 13.1. The molecule has 1 aromatic heterocycles. The van der Waals surface area contributed by atoms with Gasteiger partial charge in [0.2, 0.25) is 0 Å². The van der Waals surface area contributed by atoms with Gasteiger partial charge in [-0.1, -0.05) is 19.1 Å². The Kier molecular flexibility index (Phi) is 8.74. The minimum absolute atomic E-state index is 0.0644. The summed E-state index contributed by atoms with van der Waals surface area (Å²) in [4.78, 5) is 6.51. The van der Waals surface area contributed by atoms with Gasteiger partial charge < -0.3 is 23.9 Å². The second kappa shape index (κ2) is 12.2. The molecule has 1 aliphatic rings. The number of benzene rings is 2. The molecule has 0 spiro atoms. The Hall–Kier alpha value is -2.94. The molecule has 7 nitrogen and oxygen atoms in total. The van der Waals surface area contributed by atoms with E-state index in [9.17, 15) is 9.50 Å². The van der Waals surface area contributed by atoms with E-state index in [4.69, 9.17) is 14.2 Å². The van der Waals surface area contributed by atoms with Gasteiger partial charge in [0.25, 0.3) is 0 Å². The monoisotopic (exact) mass is 483 g/mol. The second-order valence-electron chi connectivity index (χ2n) is 8.97. The van der Waals surface area contributed by atoms with E-state index in [1.807, 2.05) is 24.5 Å². The standard InChI is InChI=1S/C27H34FN3O4/c1-2-26-29-11-13-31(26)12-4-15-34-25-6-3-5-22(17-25)18-30-14-16-33-20-27(32,19-30)21-35-24-9-7-23(28)8-10-24/h3,5-11,13,17,32H,2,4,12,14-16,18-21H2,1H3/t27-/m1/s1. The third-order valence-electron chi connectivity index (χ3n) is 6.00. The summed E-state index contributed by atoms with van der Waals surface area (Å²) in [5.41, 5.74) is -0.0574. The number of aromatic nitrogens is 2. The lowest BCUT2D eigenvalue weighted by molar-refractivity contribution is -0.0646. The van der Waals surface area contributed by atoms with Crippen molar-refractivity contribution in [2.75, 3.05) is 39.5 Å². The molecular weight excluding hydrogens is 449 g/mol. The summed E-state index contributed by atoms with van der Waals surface area (Å²) < 4.78 is 32.7. The summed E-state index contributed by atoms with van der Waals surface area (Å²) in [6.07, 6.45) is 5.67. The number of nitrogens with zero attached hydrogens (tertiary/aromatic N) is 3. The molecule has 1 aliphatic heterocycles. The van der Waals surface area contributed by atoms with E-state index in [2.05, 4.69) is 33.5 Å². The molecule has 1 fully saturated rings. The molecule has 0 aliphatic carbocycles. The van der Waals surface area contributed by atoms with E-state index in [-0.39, 0.29) is 19.0 Å². The predicted molar refractivity (Wildman–Crippen MR) is 131 cm³/mol. The minimum Gasteiger partial charge on any atom is -0.494 e. The lowest BCUT2D eigenvalue weighted by Crippen LogP contribution is -2.48. The third kappa shape index (κ3) is 7.52. The molecule has 1 atom stereocenters. The van der Waals surface area contributed by atoms with Crippen LogP contribution in [-0.2, 0) is 24.2 Å². The topological polar surface area (TPSA) is 69.0 Å². The quantitative estimate of drug-likeness (QED) is 0.420. The van der Waals surface area contributed by atoms with Crippen LogP contribution in [0.3, 0.4) is 0 Å². The fraction of sp³-hybridized carbons (Fsp3) is 0.444. The number of aliphatic hydroxyl groups is 1. The Balaban J connectivity index is 1.28. The van der Waals surface area contributed by atoms with Crippen LogP contribution in [0.4, 0.5) is 4.39 Å². The van der Waals surface area contributed by atoms with E-state index in [1.165, 1.54) is 12.1 Å². The van der Waals surface area contributed by atoms with Gasteiger partial charge in [-0.3, -0.25) is 4.90 Å².